The van der Waals surface area contributed by atoms with Gasteiger partial charge in [0, 0.05) is 32.3 Å². The first kappa shape index (κ1) is 13.5. The summed E-state index contributed by atoms with van der Waals surface area (Å²) < 4.78 is 0. The minimum absolute atomic E-state index is 0.192. The van der Waals surface area contributed by atoms with Gasteiger partial charge in [-0.15, -0.1) is 0 Å². The molecule has 1 N–H and O–H groups in total. The highest BCUT2D eigenvalue weighted by molar-refractivity contribution is 5.92. The number of amides is 2. The van der Waals surface area contributed by atoms with E-state index in [1.54, 1.807) is 24.4 Å². The largest absolute Gasteiger partial charge is 0.349 e. The van der Waals surface area contributed by atoms with E-state index in [9.17, 15) is 9.59 Å². The summed E-state index contributed by atoms with van der Waals surface area (Å²) in [5.41, 5.74) is 0.407. The maximum atomic E-state index is 11.8. The second-order valence-electron chi connectivity index (χ2n) is 4.66. The highest BCUT2D eigenvalue weighted by atomic mass is 16.2. The molecule has 1 saturated heterocycles. The molecule has 0 bridgehead atoms. The van der Waals surface area contributed by atoms with Crippen molar-refractivity contribution in [1.82, 2.24) is 15.2 Å². The Hall–Kier alpha value is -1.91. The first-order valence-electron chi connectivity index (χ1n) is 6.74. The average molecular weight is 261 g/mol. The Labute approximate surface area is 113 Å². The van der Waals surface area contributed by atoms with Crippen molar-refractivity contribution in [1.29, 1.82) is 0 Å². The molecule has 0 unspecified atom stereocenters. The van der Waals surface area contributed by atoms with Gasteiger partial charge in [-0.3, -0.25) is 14.6 Å². The molecule has 5 nitrogen and oxygen atoms in total. The van der Waals surface area contributed by atoms with Gasteiger partial charge in [-0.05, 0) is 25.0 Å². The van der Waals surface area contributed by atoms with Crippen LogP contribution in [0.15, 0.2) is 24.4 Å². The standard InChI is InChI=1S/C14H19N3O2/c18-13-7-2-1-5-10-17(13)11-9-16-14(19)12-6-3-4-8-15-12/h3-4,6,8H,1-2,5,7,9-11H2,(H,16,19). The fraction of sp³-hybridized carbons (Fsp3) is 0.500. The monoisotopic (exact) mass is 261 g/mol. The third-order valence-electron chi connectivity index (χ3n) is 3.24. The number of nitrogens with zero attached hydrogens (tertiary/aromatic N) is 2. The van der Waals surface area contributed by atoms with E-state index in [1.165, 1.54) is 0 Å². The molecular weight excluding hydrogens is 242 g/mol. The summed E-state index contributed by atoms with van der Waals surface area (Å²) in [7, 11) is 0. The third kappa shape index (κ3) is 4.05. The van der Waals surface area contributed by atoms with Crippen molar-refractivity contribution < 1.29 is 9.59 Å². The molecule has 5 heteroatoms. The first-order chi connectivity index (χ1) is 9.27. The summed E-state index contributed by atoms with van der Waals surface area (Å²) in [6.45, 7) is 1.86. The van der Waals surface area contributed by atoms with Crippen molar-refractivity contribution in [3.8, 4) is 0 Å². The lowest BCUT2D eigenvalue weighted by molar-refractivity contribution is -0.130. The van der Waals surface area contributed by atoms with Gasteiger partial charge in [0.05, 0.1) is 0 Å². The van der Waals surface area contributed by atoms with E-state index in [4.69, 9.17) is 0 Å². The Morgan fingerprint density at radius 3 is 3.00 bits per heavy atom. The fourth-order valence-electron chi connectivity index (χ4n) is 2.17. The SMILES string of the molecule is O=C(NCCN1CCCCCC1=O)c1ccccn1. The lowest BCUT2D eigenvalue weighted by Crippen LogP contribution is -2.38. The zero-order valence-electron chi connectivity index (χ0n) is 11.0. The molecule has 0 spiro atoms. The van der Waals surface area contributed by atoms with E-state index in [1.807, 2.05) is 4.90 Å². The summed E-state index contributed by atoms with van der Waals surface area (Å²) in [4.78, 5) is 29.3. The lowest BCUT2D eigenvalue weighted by atomic mass is 10.2. The summed E-state index contributed by atoms with van der Waals surface area (Å²) >= 11 is 0. The van der Waals surface area contributed by atoms with Crippen molar-refractivity contribution >= 4 is 11.8 Å². The summed E-state index contributed by atoms with van der Waals surface area (Å²) in [5.74, 6) is 0.00690. The maximum absolute atomic E-state index is 11.8. The van der Waals surface area contributed by atoms with Gasteiger partial charge in [-0.1, -0.05) is 12.5 Å². The van der Waals surface area contributed by atoms with Crippen LogP contribution >= 0.6 is 0 Å². The molecular formula is C14H19N3O2. The molecule has 1 aliphatic rings. The molecule has 19 heavy (non-hydrogen) atoms. The van der Waals surface area contributed by atoms with Crippen molar-refractivity contribution in [3.63, 3.8) is 0 Å². The second-order valence-corrected chi connectivity index (χ2v) is 4.66. The van der Waals surface area contributed by atoms with Gasteiger partial charge >= 0.3 is 0 Å². The van der Waals surface area contributed by atoms with Gasteiger partial charge in [-0.25, -0.2) is 0 Å². The zero-order chi connectivity index (χ0) is 13.5. The smallest absolute Gasteiger partial charge is 0.269 e. The Morgan fingerprint density at radius 1 is 1.32 bits per heavy atom. The van der Waals surface area contributed by atoms with Crippen LogP contribution < -0.4 is 5.32 Å². The highest BCUT2D eigenvalue weighted by Crippen LogP contribution is 2.10. The van der Waals surface area contributed by atoms with Crippen molar-refractivity contribution in [2.75, 3.05) is 19.6 Å². The molecule has 2 rings (SSSR count). The van der Waals surface area contributed by atoms with E-state index in [-0.39, 0.29) is 11.8 Å². The summed E-state index contributed by atoms with van der Waals surface area (Å²) in [6, 6.07) is 5.22. The van der Waals surface area contributed by atoms with Gasteiger partial charge in [0.25, 0.3) is 5.91 Å². The third-order valence-corrected chi connectivity index (χ3v) is 3.24. The van der Waals surface area contributed by atoms with Crippen molar-refractivity contribution in [2.45, 2.75) is 25.7 Å². The van der Waals surface area contributed by atoms with E-state index in [0.717, 1.165) is 25.8 Å². The maximum Gasteiger partial charge on any atom is 0.269 e. The molecule has 2 heterocycles. The molecule has 0 aromatic carbocycles. The van der Waals surface area contributed by atoms with E-state index >= 15 is 0 Å². The van der Waals surface area contributed by atoms with E-state index < -0.39 is 0 Å². The minimum Gasteiger partial charge on any atom is -0.349 e. The van der Waals surface area contributed by atoms with E-state index in [2.05, 4.69) is 10.3 Å². The van der Waals surface area contributed by atoms with E-state index in [0.29, 0.717) is 25.2 Å². The Bertz CT molecular complexity index is 434. The predicted octanol–water partition coefficient (Wildman–Crippen LogP) is 1.21. The highest BCUT2D eigenvalue weighted by Gasteiger charge is 2.16. The number of hydrogen-bond donors (Lipinski definition) is 1. The first-order valence-corrected chi connectivity index (χ1v) is 6.74. The normalized spacial score (nSPS) is 16.0. The topological polar surface area (TPSA) is 62.3 Å². The van der Waals surface area contributed by atoms with Gasteiger partial charge in [0.2, 0.25) is 5.91 Å². The van der Waals surface area contributed by atoms with Crippen LogP contribution in [-0.4, -0.2) is 41.3 Å². The van der Waals surface area contributed by atoms with Gasteiger partial charge in [-0.2, -0.15) is 0 Å². The number of rotatable bonds is 4. The minimum atomic E-state index is -0.192. The number of carbonyl (C=O) groups is 2. The van der Waals surface area contributed by atoms with Crippen LogP contribution in [0, 0.1) is 0 Å². The lowest BCUT2D eigenvalue weighted by Gasteiger charge is -2.20. The Balaban J connectivity index is 1.77. The average Bonchev–Trinajstić information content (AvgIpc) is 2.65. The number of aromatic nitrogens is 1. The number of likely N-dealkylation sites (tertiary alicyclic amines) is 1. The van der Waals surface area contributed by atoms with Crippen LogP contribution in [0.1, 0.15) is 36.2 Å². The molecule has 1 aliphatic heterocycles. The molecule has 2 amide bonds. The predicted molar refractivity (Wildman–Crippen MR) is 71.6 cm³/mol. The van der Waals surface area contributed by atoms with Crippen LogP contribution in [0.3, 0.4) is 0 Å². The van der Waals surface area contributed by atoms with Gasteiger partial charge in [0.15, 0.2) is 0 Å². The molecule has 0 radical (unpaired) electrons. The molecule has 0 aliphatic carbocycles. The van der Waals surface area contributed by atoms with Crippen molar-refractivity contribution in [2.24, 2.45) is 0 Å². The number of carbonyl (C=O) groups excluding carboxylic acids is 2. The quantitative estimate of drug-likeness (QED) is 0.886. The van der Waals surface area contributed by atoms with Crippen LogP contribution in [0.25, 0.3) is 0 Å². The molecule has 1 aromatic rings. The van der Waals surface area contributed by atoms with Crippen LogP contribution in [0.4, 0.5) is 0 Å². The van der Waals surface area contributed by atoms with Crippen molar-refractivity contribution in [3.05, 3.63) is 30.1 Å². The summed E-state index contributed by atoms with van der Waals surface area (Å²) in [5, 5.41) is 2.79. The molecule has 1 fully saturated rings. The molecule has 0 atom stereocenters. The molecule has 0 saturated carbocycles. The van der Waals surface area contributed by atoms with Crippen LogP contribution in [0.2, 0.25) is 0 Å². The molecule has 102 valence electrons. The Kier molecular flexibility index (Phi) is 4.89. The van der Waals surface area contributed by atoms with Gasteiger partial charge in [0.1, 0.15) is 5.69 Å². The molecule has 1 aromatic heterocycles. The number of pyridine rings is 1. The number of hydrogen-bond acceptors (Lipinski definition) is 3. The second kappa shape index (κ2) is 6.87. The van der Waals surface area contributed by atoms with Crippen LogP contribution in [0.5, 0.6) is 0 Å². The fourth-order valence-corrected chi connectivity index (χ4v) is 2.17. The van der Waals surface area contributed by atoms with Crippen LogP contribution in [-0.2, 0) is 4.79 Å². The van der Waals surface area contributed by atoms with Gasteiger partial charge < -0.3 is 10.2 Å². The number of nitrogens with one attached hydrogen (secondary N) is 1. The summed E-state index contributed by atoms with van der Waals surface area (Å²) in [6.07, 6.45) is 5.37. The zero-order valence-corrected chi connectivity index (χ0v) is 11.0. The Morgan fingerprint density at radius 2 is 2.21 bits per heavy atom.